The van der Waals surface area contributed by atoms with Crippen LogP contribution in [0.1, 0.15) is 0 Å². The van der Waals surface area contributed by atoms with Crippen molar-refractivity contribution < 1.29 is 0 Å². The van der Waals surface area contributed by atoms with Crippen molar-refractivity contribution in [1.82, 2.24) is 19.5 Å². The molecule has 0 atom stereocenters. The van der Waals surface area contributed by atoms with Crippen molar-refractivity contribution in [3.63, 3.8) is 0 Å². The van der Waals surface area contributed by atoms with E-state index in [2.05, 4.69) is 138 Å². The molecule has 0 bridgehead atoms. The van der Waals surface area contributed by atoms with Crippen molar-refractivity contribution >= 4 is 53.3 Å². The highest BCUT2D eigenvalue weighted by Gasteiger charge is 2.16. The normalized spacial score (nSPS) is 11.6. The van der Waals surface area contributed by atoms with Crippen LogP contribution < -0.4 is 0 Å². The zero-order chi connectivity index (χ0) is 37.0. The van der Waals surface area contributed by atoms with Gasteiger partial charge in [-0.05, 0) is 64.7 Å². The SMILES string of the molecule is c1ccc(-c2nc(-c3ccccc3)nc(-c3cccc(-c4ccc5c(c4)c4ccccc4n5-c4ccc(-c5cccc6c5sc5ccccc56)cc4)c3)n2)cc1. The number of hydrogen-bond donors (Lipinski definition) is 0. The van der Waals surface area contributed by atoms with Gasteiger partial charge < -0.3 is 4.57 Å². The first-order valence-electron chi connectivity index (χ1n) is 18.8. The minimum Gasteiger partial charge on any atom is -0.309 e. The highest BCUT2D eigenvalue weighted by molar-refractivity contribution is 7.26. The van der Waals surface area contributed by atoms with E-state index in [1.54, 1.807) is 0 Å². The number of benzene rings is 8. The first-order valence-corrected chi connectivity index (χ1v) is 19.6. The molecule has 0 saturated carbocycles. The first kappa shape index (κ1) is 32.2. The van der Waals surface area contributed by atoms with E-state index >= 15 is 0 Å². The van der Waals surface area contributed by atoms with Gasteiger partial charge in [0.15, 0.2) is 17.5 Å². The number of para-hydroxylation sites is 1. The van der Waals surface area contributed by atoms with Crippen LogP contribution in [0.2, 0.25) is 0 Å². The Kier molecular flexibility index (Phi) is 7.64. The Morgan fingerprint density at radius 2 is 0.875 bits per heavy atom. The fourth-order valence-corrected chi connectivity index (χ4v) is 9.21. The predicted octanol–water partition coefficient (Wildman–Crippen LogP) is 13.7. The summed E-state index contributed by atoms with van der Waals surface area (Å²) in [6.07, 6.45) is 0. The number of nitrogens with zero attached hydrogens (tertiary/aromatic N) is 4. The number of hydrogen-bond acceptors (Lipinski definition) is 4. The maximum atomic E-state index is 4.99. The quantitative estimate of drug-likeness (QED) is 0.171. The average Bonchev–Trinajstić information content (AvgIpc) is 3.83. The summed E-state index contributed by atoms with van der Waals surface area (Å²) >= 11 is 1.87. The van der Waals surface area contributed by atoms with Crippen LogP contribution >= 0.6 is 11.3 Å². The molecule has 3 aromatic heterocycles. The maximum Gasteiger partial charge on any atom is 0.164 e. The van der Waals surface area contributed by atoms with E-state index in [9.17, 15) is 0 Å². The Bertz CT molecular complexity index is 3180. The Labute approximate surface area is 327 Å². The van der Waals surface area contributed by atoms with Gasteiger partial charge in [-0.1, -0.05) is 152 Å². The molecule has 5 heteroatoms. The van der Waals surface area contributed by atoms with Crippen LogP contribution in [0.25, 0.3) is 104 Å². The fraction of sp³-hybridized carbons (Fsp3) is 0. The lowest BCUT2D eigenvalue weighted by molar-refractivity contribution is 1.07. The number of aromatic nitrogens is 4. The molecule has 0 aliphatic rings. The van der Waals surface area contributed by atoms with E-state index in [-0.39, 0.29) is 0 Å². The number of rotatable bonds is 6. The van der Waals surface area contributed by atoms with Gasteiger partial charge in [-0.3, -0.25) is 0 Å². The minimum absolute atomic E-state index is 0.643. The summed E-state index contributed by atoms with van der Waals surface area (Å²) in [5.74, 6) is 1.95. The molecule has 3 heterocycles. The molecule has 0 fully saturated rings. The monoisotopic (exact) mass is 732 g/mol. The lowest BCUT2D eigenvalue weighted by Crippen LogP contribution is -2.00. The summed E-state index contributed by atoms with van der Waals surface area (Å²) in [5, 5.41) is 5.07. The third-order valence-electron chi connectivity index (χ3n) is 10.7. The van der Waals surface area contributed by atoms with Gasteiger partial charge in [0, 0.05) is 53.3 Å². The second kappa shape index (κ2) is 13.3. The Balaban J connectivity index is 0.990. The molecule has 0 amide bonds. The molecule has 262 valence electrons. The zero-order valence-electron chi connectivity index (χ0n) is 30.2. The predicted molar refractivity (Wildman–Crippen MR) is 234 cm³/mol. The van der Waals surface area contributed by atoms with E-state index in [1.807, 2.05) is 72.0 Å². The standard InChI is InChI=1S/C51H32N4S/c1-3-13-34(14-4-1)49-52-50(35-15-5-2-6-16-35)54-51(53-49)38-18-11-17-36(31-38)37-27-30-46-44(32-37)41-19-7-9-23-45(41)55(46)39-28-25-33(26-29-39)40-21-12-22-43-42-20-8-10-24-47(42)56-48(40)43/h1-32H. The molecule has 0 spiro atoms. The largest absolute Gasteiger partial charge is 0.309 e. The second-order valence-corrected chi connectivity index (χ2v) is 15.1. The van der Waals surface area contributed by atoms with Crippen LogP contribution in [0.15, 0.2) is 194 Å². The van der Waals surface area contributed by atoms with Crippen LogP contribution in [0.4, 0.5) is 0 Å². The third-order valence-corrected chi connectivity index (χ3v) is 11.9. The third kappa shape index (κ3) is 5.48. The van der Waals surface area contributed by atoms with Crippen LogP contribution in [0.5, 0.6) is 0 Å². The van der Waals surface area contributed by atoms with E-state index in [0.717, 1.165) is 33.5 Å². The molecule has 0 aliphatic heterocycles. The van der Waals surface area contributed by atoms with Crippen LogP contribution in [0, 0.1) is 0 Å². The second-order valence-electron chi connectivity index (χ2n) is 14.0. The van der Waals surface area contributed by atoms with E-state index in [0.29, 0.717) is 17.5 Å². The molecule has 4 nitrogen and oxygen atoms in total. The van der Waals surface area contributed by atoms with Crippen molar-refractivity contribution in [2.24, 2.45) is 0 Å². The van der Waals surface area contributed by atoms with Gasteiger partial charge in [-0.15, -0.1) is 11.3 Å². The number of thiophene rings is 1. The molecule has 0 N–H and O–H groups in total. The van der Waals surface area contributed by atoms with Gasteiger partial charge in [-0.2, -0.15) is 0 Å². The molecule has 11 rings (SSSR count). The Morgan fingerprint density at radius 3 is 1.62 bits per heavy atom. The van der Waals surface area contributed by atoms with E-state index < -0.39 is 0 Å². The van der Waals surface area contributed by atoms with Crippen LogP contribution in [-0.2, 0) is 0 Å². The van der Waals surface area contributed by atoms with Gasteiger partial charge in [0.2, 0.25) is 0 Å². The van der Waals surface area contributed by atoms with E-state index in [4.69, 9.17) is 15.0 Å². The van der Waals surface area contributed by atoms with Gasteiger partial charge in [0.1, 0.15) is 0 Å². The molecule has 0 aliphatic carbocycles. The van der Waals surface area contributed by atoms with Crippen LogP contribution in [-0.4, -0.2) is 19.5 Å². The van der Waals surface area contributed by atoms with Gasteiger partial charge in [0.05, 0.1) is 11.0 Å². The van der Waals surface area contributed by atoms with Crippen molar-refractivity contribution in [1.29, 1.82) is 0 Å². The zero-order valence-corrected chi connectivity index (χ0v) is 31.0. The summed E-state index contributed by atoms with van der Waals surface area (Å²) in [5.41, 5.74) is 11.1. The molecular formula is C51H32N4S. The lowest BCUT2D eigenvalue weighted by atomic mass is 10.0. The van der Waals surface area contributed by atoms with Gasteiger partial charge in [0.25, 0.3) is 0 Å². The maximum absolute atomic E-state index is 4.99. The first-order chi connectivity index (χ1) is 27.7. The molecule has 11 aromatic rings. The molecular weight excluding hydrogens is 701 g/mol. The summed E-state index contributed by atoms with van der Waals surface area (Å²) in [6, 6.07) is 68.7. The lowest BCUT2D eigenvalue weighted by Gasteiger charge is -2.11. The minimum atomic E-state index is 0.643. The average molecular weight is 733 g/mol. The van der Waals surface area contributed by atoms with Crippen LogP contribution in [0.3, 0.4) is 0 Å². The van der Waals surface area contributed by atoms with Gasteiger partial charge >= 0.3 is 0 Å². The molecule has 56 heavy (non-hydrogen) atoms. The van der Waals surface area contributed by atoms with Crippen molar-refractivity contribution in [2.45, 2.75) is 0 Å². The summed E-state index contributed by atoms with van der Waals surface area (Å²) in [4.78, 5) is 14.9. The van der Waals surface area contributed by atoms with E-state index in [1.165, 1.54) is 53.1 Å². The van der Waals surface area contributed by atoms with Crippen molar-refractivity contribution in [2.75, 3.05) is 0 Å². The highest BCUT2D eigenvalue weighted by atomic mass is 32.1. The highest BCUT2D eigenvalue weighted by Crippen LogP contribution is 2.41. The summed E-state index contributed by atoms with van der Waals surface area (Å²) < 4.78 is 5.04. The number of fused-ring (bicyclic) bond motifs is 6. The molecule has 8 aromatic carbocycles. The van der Waals surface area contributed by atoms with Gasteiger partial charge in [-0.25, -0.2) is 15.0 Å². The Hall–Kier alpha value is -7.21. The molecule has 0 radical (unpaired) electrons. The summed E-state index contributed by atoms with van der Waals surface area (Å²) in [6.45, 7) is 0. The molecule has 0 unspecified atom stereocenters. The molecule has 0 saturated heterocycles. The Morgan fingerprint density at radius 1 is 0.339 bits per heavy atom. The van der Waals surface area contributed by atoms with Crippen molar-refractivity contribution in [3.8, 4) is 62.1 Å². The smallest absolute Gasteiger partial charge is 0.164 e. The van der Waals surface area contributed by atoms with Crippen molar-refractivity contribution in [3.05, 3.63) is 194 Å². The fourth-order valence-electron chi connectivity index (χ4n) is 7.97. The summed E-state index contributed by atoms with van der Waals surface area (Å²) in [7, 11) is 0. The topological polar surface area (TPSA) is 43.6 Å².